The molecule has 0 aliphatic carbocycles. The predicted molar refractivity (Wildman–Crippen MR) is 52.2 cm³/mol. The molecule has 0 amide bonds. The Morgan fingerprint density at radius 1 is 1.31 bits per heavy atom. The quantitative estimate of drug-likeness (QED) is 0.657. The topological polar surface area (TPSA) is 44.7 Å². The summed E-state index contributed by atoms with van der Waals surface area (Å²) in [5, 5.41) is 11.3. The summed E-state index contributed by atoms with van der Waals surface area (Å²) in [5.74, 6) is 0. The molecule has 0 spiro atoms. The van der Waals surface area contributed by atoms with Gasteiger partial charge in [0, 0.05) is 32.7 Å². The van der Waals surface area contributed by atoms with Crippen LogP contribution in [0.15, 0.2) is 0 Å². The van der Waals surface area contributed by atoms with E-state index in [1.54, 1.807) is 0 Å². The van der Waals surface area contributed by atoms with Crippen molar-refractivity contribution < 1.29 is 23.0 Å². The molecular weight excluding hydrogens is 225 g/mol. The lowest BCUT2D eigenvalue weighted by atomic mass is 10.3. The van der Waals surface area contributed by atoms with E-state index in [1.807, 2.05) is 0 Å². The minimum Gasteiger partial charge on any atom is -0.382 e. The Kier molecular flexibility index (Phi) is 5.47. The molecule has 1 heterocycles. The van der Waals surface area contributed by atoms with Crippen LogP contribution in [0, 0.1) is 0 Å². The highest BCUT2D eigenvalue weighted by atomic mass is 19.4. The van der Waals surface area contributed by atoms with E-state index in [9.17, 15) is 13.2 Å². The number of hydrogen-bond acceptors (Lipinski definition) is 4. The molecule has 1 atom stereocenters. The first kappa shape index (κ1) is 13.7. The molecule has 7 heteroatoms. The van der Waals surface area contributed by atoms with Gasteiger partial charge in [-0.25, -0.2) is 0 Å². The lowest BCUT2D eigenvalue weighted by Crippen LogP contribution is -2.43. The molecule has 1 fully saturated rings. The summed E-state index contributed by atoms with van der Waals surface area (Å²) in [6, 6.07) is 0. The number of alkyl halides is 3. The number of aliphatic hydroxyl groups excluding tert-OH is 1. The van der Waals surface area contributed by atoms with Crippen molar-refractivity contribution in [1.82, 2.24) is 10.2 Å². The van der Waals surface area contributed by atoms with Gasteiger partial charge < -0.3 is 15.2 Å². The summed E-state index contributed by atoms with van der Waals surface area (Å²) >= 11 is 0. The summed E-state index contributed by atoms with van der Waals surface area (Å²) in [7, 11) is 0. The molecule has 1 aliphatic heterocycles. The van der Waals surface area contributed by atoms with Gasteiger partial charge in [-0.2, -0.15) is 13.2 Å². The molecule has 0 unspecified atom stereocenters. The Labute approximate surface area is 92.4 Å². The van der Waals surface area contributed by atoms with Crippen LogP contribution in [-0.4, -0.2) is 68.2 Å². The largest absolute Gasteiger partial charge is 0.415 e. The van der Waals surface area contributed by atoms with E-state index < -0.39 is 18.8 Å². The average Bonchev–Trinajstić information content (AvgIpc) is 2.24. The maximum Gasteiger partial charge on any atom is 0.415 e. The molecule has 0 bridgehead atoms. The first-order valence-electron chi connectivity index (χ1n) is 5.26. The standard InChI is InChI=1S/C9H17F3N2O2/c10-9(11,12)8(15)7-13-1-2-14-3-5-16-6-4-14/h8,13,15H,1-7H2/t8-/m0/s1. The average molecular weight is 242 g/mol. The molecule has 1 rings (SSSR count). The monoisotopic (exact) mass is 242 g/mol. The fourth-order valence-electron chi connectivity index (χ4n) is 1.42. The van der Waals surface area contributed by atoms with Crippen molar-refractivity contribution in [3.63, 3.8) is 0 Å². The molecule has 4 nitrogen and oxygen atoms in total. The van der Waals surface area contributed by atoms with E-state index in [0.29, 0.717) is 26.3 Å². The normalized spacial score (nSPS) is 21.0. The Bertz CT molecular complexity index is 196. The van der Waals surface area contributed by atoms with E-state index in [0.717, 1.165) is 13.1 Å². The molecule has 0 radical (unpaired) electrons. The summed E-state index contributed by atoms with van der Waals surface area (Å²) in [6.07, 6.45) is -6.82. The minimum absolute atomic E-state index is 0.438. The Morgan fingerprint density at radius 2 is 1.94 bits per heavy atom. The fraction of sp³-hybridized carbons (Fsp3) is 1.00. The smallest absolute Gasteiger partial charge is 0.382 e. The molecule has 0 saturated carbocycles. The maximum atomic E-state index is 11.9. The lowest BCUT2D eigenvalue weighted by molar-refractivity contribution is -0.201. The van der Waals surface area contributed by atoms with E-state index in [1.165, 1.54) is 0 Å². The molecule has 0 aromatic rings. The number of nitrogens with zero attached hydrogens (tertiary/aromatic N) is 1. The first-order chi connectivity index (χ1) is 7.50. The Balaban J connectivity index is 2.02. The number of rotatable bonds is 5. The van der Waals surface area contributed by atoms with Crippen molar-refractivity contribution in [3.05, 3.63) is 0 Å². The summed E-state index contributed by atoms with van der Waals surface area (Å²) in [5.41, 5.74) is 0. The van der Waals surface area contributed by atoms with Crippen molar-refractivity contribution in [2.24, 2.45) is 0 Å². The fourth-order valence-corrected chi connectivity index (χ4v) is 1.42. The van der Waals surface area contributed by atoms with Gasteiger partial charge in [-0.1, -0.05) is 0 Å². The molecule has 96 valence electrons. The SMILES string of the molecule is O[C@@H](CNCCN1CCOCC1)C(F)(F)F. The van der Waals surface area contributed by atoms with Crippen LogP contribution in [-0.2, 0) is 4.74 Å². The maximum absolute atomic E-state index is 11.9. The lowest BCUT2D eigenvalue weighted by Gasteiger charge is -2.26. The molecule has 16 heavy (non-hydrogen) atoms. The van der Waals surface area contributed by atoms with Crippen LogP contribution in [0.2, 0.25) is 0 Å². The zero-order valence-electron chi connectivity index (χ0n) is 8.96. The van der Waals surface area contributed by atoms with Gasteiger partial charge in [-0.3, -0.25) is 4.90 Å². The van der Waals surface area contributed by atoms with E-state index in [4.69, 9.17) is 9.84 Å². The van der Waals surface area contributed by atoms with Crippen LogP contribution in [0.3, 0.4) is 0 Å². The van der Waals surface area contributed by atoms with Crippen LogP contribution >= 0.6 is 0 Å². The second-order valence-corrected chi connectivity index (χ2v) is 3.72. The van der Waals surface area contributed by atoms with E-state index in [-0.39, 0.29) is 0 Å². The van der Waals surface area contributed by atoms with Crippen molar-refractivity contribution >= 4 is 0 Å². The van der Waals surface area contributed by atoms with Crippen molar-refractivity contribution in [1.29, 1.82) is 0 Å². The number of morpholine rings is 1. The number of ether oxygens (including phenoxy) is 1. The predicted octanol–water partition coefficient (Wildman–Crippen LogP) is -0.169. The Morgan fingerprint density at radius 3 is 2.50 bits per heavy atom. The van der Waals surface area contributed by atoms with Crippen LogP contribution in [0.4, 0.5) is 13.2 Å². The van der Waals surface area contributed by atoms with Gasteiger partial charge in [-0.05, 0) is 0 Å². The molecule has 1 aliphatic rings. The van der Waals surface area contributed by atoms with E-state index in [2.05, 4.69) is 10.2 Å². The second kappa shape index (κ2) is 6.39. The molecule has 2 N–H and O–H groups in total. The number of nitrogens with one attached hydrogen (secondary N) is 1. The van der Waals surface area contributed by atoms with Gasteiger partial charge in [0.05, 0.1) is 13.2 Å². The van der Waals surface area contributed by atoms with Gasteiger partial charge in [0.1, 0.15) is 0 Å². The molecule has 0 aromatic carbocycles. The third-order valence-corrected chi connectivity index (χ3v) is 2.42. The molecule has 0 aromatic heterocycles. The van der Waals surface area contributed by atoms with Crippen LogP contribution in [0.1, 0.15) is 0 Å². The zero-order chi connectivity index (χ0) is 12.0. The van der Waals surface area contributed by atoms with Crippen LogP contribution in [0.25, 0.3) is 0 Å². The van der Waals surface area contributed by atoms with Gasteiger partial charge in [0.15, 0.2) is 6.10 Å². The van der Waals surface area contributed by atoms with Crippen LogP contribution < -0.4 is 5.32 Å². The highest BCUT2D eigenvalue weighted by molar-refractivity contribution is 4.69. The van der Waals surface area contributed by atoms with Crippen LogP contribution in [0.5, 0.6) is 0 Å². The summed E-state index contributed by atoms with van der Waals surface area (Å²) < 4.78 is 40.9. The summed E-state index contributed by atoms with van der Waals surface area (Å²) in [4.78, 5) is 2.11. The first-order valence-corrected chi connectivity index (χ1v) is 5.26. The number of hydrogen-bond donors (Lipinski definition) is 2. The third kappa shape index (κ3) is 5.11. The van der Waals surface area contributed by atoms with Gasteiger partial charge in [0.2, 0.25) is 0 Å². The molecule has 1 saturated heterocycles. The van der Waals surface area contributed by atoms with Crippen molar-refractivity contribution in [2.75, 3.05) is 45.9 Å². The number of halogens is 3. The highest BCUT2D eigenvalue weighted by Crippen LogP contribution is 2.18. The third-order valence-electron chi connectivity index (χ3n) is 2.42. The molecular formula is C9H17F3N2O2. The highest BCUT2D eigenvalue weighted by Gasteiger charge is 2.37. The zero-order valence-corrected chi connectivity index (χ0v) is 8.96. The summed E-state index contributed by atoms with van der Waals surface area (Å²) in [6.45, 7) is 3.62. The van der Waals surface area contributed by atoms with Crippen molar-refractivity contribution in [2.45, 2.75) is 12.3 Å². The van der Waals surface area contributed by atoms with Gasteiger partial charge in [0.25, 0.3) is 0 Å². The van der Waals surface area contributed by atoms with Crippen molar-refractivity contribution in [3.8, 4) is 0 Å². The Hall–Kier alpha value is -0.370. The van der Waals surface area contributed by atoms with Gasteiger partial charge in [-0.15, -0.1) is 0 Å². The van der Waals surface area contributed by atoms with E-state index >= 15 is 0 Å². The van der Waals surface area contributed by atoms with Gasteiger partial charge >= 0.3 is 6.18 Å². The number of aliphatic hydroxyl groups is 1. The second-order valence-electron chi connectivity index (χ2n) is 3.72. The minimum atomic E-state index is -4.54.